The minimum atomic E-state index is 0.0955. The highest BCUT2D eigenvalue weighted by atomic mass is 16.5. The fourth-order valence-electron chi connectivity index (χ4n) is 1.05. The topological polar surface area (TPSA) is 42.5 Å². The smallest absolute Gasteiger partial charge is 0.105 e. The summed E-state index contributed by atoms with van der Waals surface area (Å²) in [7, 11) is 1.85. The van der Waals surface area contributed by atoms with Gasteiger partial charge in [0.15, 0.2) is 0 Å². The molecule has 0 spiro atoms. The number of ether oxygens (including phenoxy) is 2. The van der Waals surface area contributed by atoms with Gasteiger partial charge in [0.05, 0.1) is 19.4 Å². The third kappa shape index (κ3) is 8.18. The average Bonchev–Trinajstić information content (AvgIpc) is 2.05. The molecule has 0 saturated carbocycles. The van der Waals surface area contributed by atoms with Crippen molar-refractivity contribution in [3.05, 3.63) is 0 Å². The first-order chi connectivity index (χ1) is 6.20. The van der Waals surface area contributed by atoms with E-state index in [1.807, 2.05) is 20.9 Å². The summed E-state index contributed by atoms with van der Waals surface area (Å²) < 4.78 is 10.8. The fraction of sp³-hybridized carbons (Fsp3) is 1.00. The molecule has 0 aliphatic heterocycles. The molecule has 0 aromatic carbocycles. The van der Waals surface area contributed by atoms with Gasteiger partial charge in [0.25, 0.3) is 0 Å². The Morgan fingerprint density at radius 3 is 2.54 bits per heavy atom. The Labute approximate surface area is 81.0 Å². The molecule has 0 aliphatic rings. The molecular formula is C9H22N2O2. The van der Waals surface area contributed by atoms with Gasteiger partial charge >= 0.3 is 0 Å². The predicted octanol–water partition coefficient (Wildman–Crippen LogP) is 0.541. The van der Waals surface area contributed by atoms with Crippen molar-refractivity contribution >= 4 is 0 Å². The van der Waals surface area contributed by atoms with Crippen LogP contribution in [0.25, 0.3) is 0 Å². The van der Waals surface area contributed by atoms with E-state index in [1.54, 1.807) is 0 Å². The molecule has 0 amide bonds. The molecule has 4 heteroatoms. The van der Waals surface area contributed by atoms with Crippen molar-refractivity contribution in [2.75, 3.05) is 26.9 Å². The van der Waals surface area contributed by atoms with Crippen LogP contribution in [0.15, 0.2) is 0 Å². The second-order valence-corrected chi connectivity index (χ2v) is 3.02. The zero-order valence-electron chi connectivity index (χ0n) is 9.09. The Kier molecular flexibility index (Phi) is 8.33. The van der Waals surface area contributed by atoms with E-state index < -0.39 is 0 Å². The number of hydrogen-bond donors (Lipinski definition) is 2. The van der Waals surface area contributed by atoms with Crippen molar-refractivity contribution in [1.82, 2.24) is 10.6 Å². The van der Waals surface area contributed by atoms with Gasteiger partial charge in [-0.3, -0.25) is 10.6 Å². The van der Waals surface area contributed by atoms with Crippen LogP contribution in [0, 0.1) is 0 Å². The van der Waals surface area contributed by atoms with E-state index in [0.29, 0.717) is 13.3 Å². The van der Waals surface area contributed by atoms with Gasteiger partial charge in [-0.15, -0.1) is 0 Å². The lowest BCUT2D eigenvalue weighted by molar-refractivity contribution is -0.0544. The lowest BCUT2D eigenvalue weighted by Crippen LogP contribution is -2.33. The van der Waals surface area contributed by atoms with Gasteiger partial charge < -0.3 is 9.47 Å². The van der Waals surface area contributed by atoms with Gasteiger partial charge in [-0.25, -0.2) is 0 Å². The quantitative estimate of drug-likeness (QED) is 0.433. The molecule has 13 heavy (non-hydrogen) atoms. The van der Waals surface area contributed by atoms with Crippen molar-refractivity contribution in [3.63, 3.8) is 0 Å². The van der Waals surface area contributed by atoms with Crippen LogP contribution in [0.5, 0.6) is 0 Å². The Morgan fingerprint density at radius 1 is 1.31 bits per heavy atom. The molecular weight excluding hydrogens is 168 g/mol. The average molecular weight is 190 g/mol. The number of hydrogen-bond acceptors (Lipinski definition) is 4. The van der Waals surface area contributed by atoms with Crippen molar-refractivity contribution < 1.29 is 9.47 Å². The Bertz CT molecular complexity index is 112. The molecule has 2 unspecified atom stereocenters. The molecule has 2 N–H and O–H groups in total. The molecule has 80 valence electrons. The molecule has 0 heterocycles. The van der Waals surface area contributed by atoms with E-state index in [1.165, 1.54) is 0 Å². The zero-order valence-corrected chi connectivity index (χ0v) is 9.09. The van der Waals surface area contributed by atoms with E-state index in [-0.39, 0.29) is 12.3 Å². The maximum atomic E-state index is 5.57. The van der Waals surface area contributed by atoms with Crippen LogP contribution in [-0.4, -0.2) is 39.3 Å². The molecule has 0 radical (unpaired) electrons. The fourth-order valence-corrected chi connectivity index (χ4v) is 1.05. The van der Waals surface area contributed by atoms with Crippen molar-refractivity contribution in [3.8, 4) is 0 Å². The summed E-state index contributed by atoms with van der Waals surface area (Å²) in [5, 5.41) is 6.08. The van der Waals surface area contributed by atoms with Crippen LogP contribution in [0.4, 0.5) is 0 Å². The van der Waals surface area contributed by atoms with Crippen LogP contribution >= 0.6 is 0 Å². The first-order valence-corrected chi connectivity index (χ1v) is 4.81. The van der Waals surface area contributed by atoms with Gasteiger partial charge in [0.2, 0.25) is 0 Å². The van der Waals surface area contributed by atoms with Crippen LogP contribution in [-0.2, 0) is 9.47 Å². The summed E-state index contributed by atoms with van der Waals surface area (Å²) in [4.78, 5) is 0. The first kappa shape index (κ1) is 12.8. The first-order valence-electron chi connectivity index (χ1n) is 4.81. The summed E-state index contributed by atoms with van der Waals surface area (Å²) in [5.41, 5.74) is 0. The Hall–Kier alpha value is -0.160. The maximum Gasteiger partial charge on any atom is 0.105 e. The van der Waals surface area contributed by atoms with Crippen molar-refractivity contribution in [2.24, 2.45) is 0 Å². The van der Waals surface area contributed by atoms with E-state index in [2.05, 4.69) is 17.6 Å². The lowest BCUT2D eigenvalue weighted by atomic mass is 10.4. The summed E-state index contributed by atoms with van der Waals surface area (Å²) in [6.07, 6.45) is 0.223. The highest BCUT2D eigenvalue weighted by Gasteiger charge is 2.06. The van der Waals surface area contributed by atoms with Gasteiger partial charge in [-0.2, -0.15) is 0 Å². The Morgan fingerprint density at radius 2 is 2.00 bits per heavy atom. The zero-order chi connectivity index (χ0) is 10.1. The SMILES string of the molecule is CCNC(C)OC(C)COCNC. The molecule has 0 aromatic rings. The van der Waals surface area contributed by atoms with E-state index >= 15 is 0 Å². The lowest BCUT2D eigenvalue weighted by Gasteiger charge is -2.19. The maximum absolute atomic E-state index is 5.57. The monoisotopic (exact) mass is 190 g/mol. The summed E-state index contributed by atoms with van der Waals surface area (Å²) in [5.74, 6) is 0. The summed E-state index contributed by atoms with van der Waals surface area (Å²) in [6, 6.07) is 0. The summed E-state index contributed by atoms with van der Waals surface area (Å²) in [6.45, 7) is 8.18. The van der Waals surface area contributed by atoms with Crippen LogP contribution in [0.2, 0.25) is 0 Å². The highest BCUT2D eigenvalue weighted by molar-refractivity contribution is 4.51. The minimum absolute atomic E-state index is 0.0955. The van der Waals surface area contributed by atoms with E-state index in [0.717, 1.165) is 6.54 Å². The van der Waals surface area contributed by atoms with E-state index in [4.69, 9.17) is 9.47 Å². The third-order valence-electron chi connectivity index (χ3n) is 1.53. The predicted molar refractivity (Wildman–Crippen MR) is 53.6 cm³/mol. The molecule has 0 fully saturated rings. The number of nitrogens with one attached hydrogen (secondary N) is 2. The summed E-state index contributed by atoms with van der Waals surface area (Å²) >= 11 is 0. The van der Waals surface area contributed by atoms with E-state index in [9.17, 15) is 0 Å². The molecule has 0 saturated heterocycles. The third-order valence-corrected chi connectivity index (χ3v) is 1.53. The second-order valence-electron chi connectivity index (χ2n) is 3.02. The van der Waals surface area contributed by atoms with Crippen LogP contribution in [0.3, 0.4) is 0 Å². The molecule has 2 atom stereocenters. The highest BCUT2D eigenvalue weighted by Crippen LogP contribution is 1.95. The van der Waals surface area contributed by atoms with Crippen molar-refractivity contribution in [1.29, 1.82) is 0 Å². The van der Waals surface area contributed by atoms with Gasteiger partial charge in [0.1, 0.15) is 6.23 Å². The standard InChI is InChI=1S/C9H22N2O2/c1-5-11-9(3)13-8(2)6-12-7-10-4/h8-11H,5-7H2,1-4H3. The molecule has 0 aliphatic carbocycles. The second kappa shape index (κ2) is 8.44. The van der Waals surface area contributed by atoms with Gasteiger partial charge in [-0.05, 0) is 27.4 Å². The Balaban J connectivity index is 3.32. The minimum Gasteiger partial charge on any atom is -0.364 e. The largest absolute Gasteiger partial charge is 0.364 e. The van der Waals surface area contributed by atoms with Crippen molar-refractivity contribution in [2.45, 2.75) is 33.1 Å². The molecule has 0 aromatic heterocycles. The molecule has 0 bridgehead atoms. The molecule has 0 rings (SSSR count). The van der Waals surface area contributed by atoms with Gasteiger partial charge in [-0.1, -0.05) is 6.92 Å². The normalized spacial score (nSPS) is 15.7. The van der Waals surface area contributed by atoms with Gasteiger partial charge in [0, 0.05) is 0 Å². The molecule has 4 nitrogen and oxygen atoms in total. The van der Waals surface area contributed by atoms with Crippen LogP contribution < -0.4 is 10.6 Å². The van der Waals surface area contributed by atoms with Crippen LogP contribution in [0.1, 0.15) is 20.8 Å². The number of rotatable bonds is 8.